The number of aliphatic hydroxyl groups is 1. The number of fused-ring (bicyclic) bond motifs is 3. The molecule has 0 bridgehead atoms. The number of pyridine rings is 1. The molecule has 3 aliphatic rings. The van der Waals surface area contributed by atoms with Gasteiger partial charge in [0.2, 0.25) is 0 Å². The standard InChI is InChI=1S/C35H41F2N5O4/c1-4-24-27(36)8-7-21-15-23(43)16-25(28(21)24)30-29(37)31-26(17-38-30)32(41-13-5-10-34(2,44)19-41)40-33(39-31)46-20-35-11-6-14-42(35)22(9-12-35)18-45-3/h7-8,15-17,22,43-44H,4-6,9-14,18-20H2,1-3H3/t22-,34+,35-/m0/s1. The van der Waals surface area contributed by atoms with Crippen LogP contribution in [0.4, 0.5) is 14.6 Å². The lowest BCUT2D eigenvalue weighted by atomic mass is 9.94. The van der Waals surface area contributed by atoms with Crippen molar-refractivity contribution >= 4 is 27.5 Å². The van der Waals surface area contributed by atoms with Gasteiger partial charge in [0.25, 0.3) is 0 Å². The van der Waals surface area contributed by atoms with E-state index in [1.54, 1.807) is 20.1 Å². The maximum Gasteiger partial charge on any atom is 0.319 e. The van der Waals surface area contributed by atoms with Crippen molar-refractivity contribution in [2.45, 2.75) is 76.0 Å². The van der Waals surface area contributed by atoms with E-state index in [-0.39, 0.29) is 34.1 Å². The van der Waals surface area contributed by atoms with Crippen molar-refractivity contribution in [1.29, 1.82) is 0 Å². The zero-order valence-electron chi connectivity index (χ0n) is 26.7. The molecule has 0 radical (unpaired) electrons. The SMILES string of the molecule is CCc1c(F)ccc2cc(O)cc(-c3ncc4c(N5CCC[C@@](C)(O)C5)nc(OC[C@@]56CCCN5[C@H](COC)CC6)nc4c3F)c12. The molecule has 7 rings (SSSR count). The number of benzene rings is 2. The molecule has 11 heteroatoms. The Labute approximate surface area is 267 Å². The zero-order valence-corrected chi connectivity index (χ0v) is 26.7. The molecule has 0 amide bonds. The van der Waals surface area contributed by atoms with Crippen molar-refractivity contribution in [1.82, 2.24) is 19.9 Å². The maximum absolute atomic E-state index is 16.8. The fraction of sp³-hybridized carbons (Fsp3) is 0.514. The van der Waals surface area contributed by atoms with Gasteiger partial charge < -0.3 is 24.6 Å². The number of ether oxygens (including phenoxy) is 2. The monoisotopic (exact) mass is 633 g/mol. The van der Waals surface area contributed by atoms with Gasteiger partial charge >= 0.3 is 6.01 Å². The number of β-amino-alcohol motifs (C(OH)–C–C–N with tert-alkyl or cyclic N) is 1. The van der Waals surface area contributed by atoms with Crippen LogP contribution in [0.1, 0.15) is 57.9 Å². The summed E-state index contributed by atoms with van der Waals surface area (Å²) in [6, 6.07) is 6.28. The highest BCUT2D eigenvalue weighted by Crippen LogP contribution is 2.43. The van der Waals surface area contributed by atoms with Crippen molar-refractivity contribution in [2.75, 3.05) is 44.9 Å². The van der Waals surface area contributed by atoms with Crippen LogP contribution in [0.2, 0.25) is 0 Å². The van der Waals surface area contributed by atoms with E-state index in [2.05, 4.69) is 14.9 Å². The highest BCUT2D eigenvalue weighted by Gasteiger charge is 2.49. The third kappa shape index (κ3) is 5.32. The van der Waals surface area contributed by atoms with Crippen LogP contribution < -0.4 is 9.64 Å². The van der Waals surface area contributed by atoms with Crippen LogP contribution in [0.15, 0.2) is 30.5 Å². The van der Waals surface area contributed by atoms with Gasteiger partial charge in [0.05, 0.1) is 23.1 Å². The zero-order chi connectivity index (χ0) is 32.2. The van der Waals surface area contributed by atoms with Gasteiger partial charge in [0.15, 0.2) is 5.82 Å². The molecule has 2 aromatic carbocycles. The van der Waals surface area contributed by atoms with E-state index in [1.165, 1.54) is 24.4 Å². The predicted octanol–water partition coefficient (Wildman–Crippen LogP) is 5.76. The Bertz CT molecular complexity index is 1800. The Balaban J connectivity index is 1.35. The minimum Gasteiger partial charge on any atom is -0.508 e. The van der Waals surface area contributed by atoms with Crippen molar-refractivity contribution in [3.8, 4) is 23.0 Å². The average Bonchev–Trinajstić information content (AvgIpc) is 3.59. The number of anilines is 1. The van der Waals surface area contributed by atoms with Crippen LogP contribution in [-0.2, 0) is 11.2 Å². The minimum atomic E-state index is -0.937. The molecule has 0 spiro atoms. The van der Waals surface area contributed by atoms with E-state index in [0.717, 1.165) is 38.6 Å². The molecule has 5 heterocycles. The molecule has 0 saturated carbocycles. The van der Waals surface area contributed by atoms with Gasteiger partial charge in [-0.25, -0.2) is 8.78 Å². The third-order valence-electron chi connectivity index (χ3n) is 10.2. The van der Waals surface area contributed by atoms with Crippen LogP contribution >= 0.6 is 0 Å². The number of halogens is 2. The topological polar surface area (TPSA) is 104 Å². The maximum atomic E-state index is 16.8. The van der Waals surface area contributed by atoms with E-state index in [9.17, 15) is 14.6 Å². The largest absolute Gasteiger partial charge is 0.508 e. The van der Waals surface area contributed by atoms with E-state index in [0.29, 0.717) is 72.7 Å². The number of piperidine rings is 1. The Morgan fingerprint density at radius 2 is 1.91 bits per heavy atom. The number of nitrogens with zero attached hydrogens (tertiary/aromatic N) is 5. The first kappa shape index (κ1) is 31.0. The molecule has 3 atom stereocenters. The Hall–Kier alpha value is -3.67. The van der Waals surface area contributed by atoms with E-state index >= 15 is 4.39 Å². The Kier molecular flexibility index (Phi) is 7.97. The summed E-state index contributed by atoms with van der Waals surface area (Å²) in [6.07, 6.45) is 7.34. The summed E-state index contributed by atoms with van der Waals surface area (Å²) in [5.74, 6) is -0.747. The van der Waals surface area contributed by atoms with Gasteiger partial charge in [0, 0.05) is 38.0 Å². The van der Waals surface area contributed by atoms with Gasteiger partial charge in [-0.2, -0.15) is 9.97 Å². The molecule has 0 aliphatic carbocycles. The number of aromatic hydroxyl groups is 1. The van der Waals surface area contributed by atoms with Crippen LogP contribution in [0.25, 0.3) is 32.9 Å². The first-order chi connectivity index (χ1) is 22.1. The molecule has 0 unspecified atom stereocenters. The summed E-state index contributed by atoms with van der Waals surface area (Å²) in [6.45, 7) is 6.58. The van der Waals surface area contributed by atoms with E-state index in [4.69, 9.17) is 14.5 Å². The number of methoxy groups -OCH3 is 1. The fourth-order valence-corrected chi connectivity index (χ4v) is 8.13. The summed E-state index contributed by atoms with van der Waals surface area (Å²) >= 11 is 0. The third-order valence-corrected chi connectivity index (χ3v) is 10.2. The van der Waals surface area contributed by atoms with Crippen molar-refractivity contribution < 1.29 is 28.5 Å². The quantitative estimate of drug-likeness (QED) is 0.251. The van der Waals surface area contributed by atoms with Gasteiger partial charge in [-0.05, 0) is 92.9 Å². The molecule has 244 valence electrons. The first-order valence-corrected chi connectivity index (χ1v) is 16.3. The van der Waals surface area contributed by atoms with Crippen molar-refractivity contribution in [3.63, 3.8) is 0 Å². The van der Waals surface area contributed by atoms with E-state index < -0.39 is 17.2 Å². The van der Waals surface area contributed by atoms with Crippen LogP contribution in [0.5, 0.6) is 11.8 Å². The average molecular weight is 634 g/mol. The van der Waals surface area contributed by atoms with Gasteiger partial charge in [-0.3, -0.25) is 9.88 Å². The number of phenolic OH excluding ortho intramolecular Hbond substituents is 1. The summed E-state index contributed by atoms with van der Waals surface area (Å²) in [5.41, 5.74) is -0.420. The van der Waals surface area contributed by atoms with Gasteiger partial charge in [0.1, 0.15) is 35.2 Å². The molecular formula is C35H41F2N5O4. The summed E-state index contributed by atoms with van der Waals surface area (Å²) in [4.78, 5) is 18.4. The molecule has 9 nitrogen and oxygen atoms in total. The lowest BCUT2D eigenvalue weighted by Crippen LogP contribution is -2.48. The number of aryl methyl sites for hydroxylation is 1. The molecular weight excluding hydrogens is 592 g/mol. The predicted molar refractivity (Wildman–Crippen MR) is 172 cm³/mol. The second kappa shape index (κ2) is 11.8. The second-order valence-electron chi connectivity index (χ2n) is 13.5. The molecule has 2 N–H and O–H groups in total. The van der Waals surface area contributed by atoms with Crippen LogP contribution in [-0.4, -0.2) is 87.2 Å². The lowest BCUT2D eigenvalue weighted by molar-refractivity contribution is 0.0445. The number of hydrogen-bond acceptors (Lipinski definition) is 9. The highest BCUT2D eigenvalue weighted by molar-refractivity contribution is 6.01. The van der Waals surface area contributed by atoms with Crippen molar-refractivity contribution in [2.24, 2.45) is 0 Å². The molecule has 3 saturated heterocycles. The smallest absolute Gasteiger partial charge is 0.319 e. The van der Waals surface area contributed by atoms with Gasteiger partial charge in [-0.15, -0.1) is 0 Å². The first-order valence-electron chi connectivity index (χ1n) is 16.3. The second-order valence-corrected chi connectivity index (χ2v) is 13.5. The molecule has 4 aromatic rings. The fourth-order valence-electron chi connectivity index (χ4n) is 8.13. The summed E-state index contributed by atoms with van der Waals surface area (Å²) in [7, 11) is 1.73. The van der Waals surface area contributed by atoms with Crippen molar-refractivity contribution in [3.05, 3.63) is 47.7 Å². The van der Waals surface area contributed by atoms with E-state index in [1.807, 2.05) is 11.8 Å². The molecule has 3 aliphatic heterocycles. The Morgan fingerprint density at radius 3 is 2.70 bits per heavy atom. The number of aromatic nitrogens is 3. The highest BCUT2D eigenvalue weighted by atomic mass is 19.1. The number of rotatable bonds is 8. The molecule has 2 aromatic heterocycles. The summed E-state index contributed by atoms with van der Waals surface area (Å²) < 4.78 is 43.7. The molecule has 3 fully saturated rings. The van der Waals surface area contributed by atoms with Gasteiger partial charge in [-0.1, -0.05) is 13.0 Å². The van der Waals surface area contributed by atoms with Crippen LogP contribution in [0.3, 0.4) is 0 Å². The number of phenols is 1. The normalized spacial score (nSPS) is 25.1. The minimum absolute atomic E-state index is 0.0191. The van der Waals surface area contributed by atoms with Crippen LogP contribution in [0, 0.1) is 11.6 Å². The Morgan fingerprint density at radius 1 is 1.09 bits per heavy atom. The summed E-state index contributed by atoms with van der Waals surface area (Å²) in [5, 5.41) is 23.0. The number of hydrogen-bond donors (Lipinski definition) is 2. The lowest BCUT2D eigenvalue weighted by Gasteiger charge is -2.38. The molecule has 46 heavy (non-hydrogen) atoms.